The zero-order valence-corrected chi connectivity index (χ0v) is 23.2. The summed E-state index contributed by atoms with van der Waals surface area (Å²) in [6.45, 7) is 1.63. The highest BCUT2D eigenvalue weighted by molar-refractivity contribution is 7.92. The molecule has 0 spiro atoms. The molecule has 1 aliphatic rings. The molecule has 0 unspecified atom stereocenters. The van der Waals surface area contributed by atoms with E-state index in [-0.39, 0.29) is 43.8 Å². The Morgan fingerprint density at radius 3 is 2.39 bits per heavy atom. The lowest BCUT2D eigenvalue weighted by Gasteiger charge is -2.31. The van der Waals surface area contributed by atoms with Crippen molar-refractivity contribution < 1.29 is 27.1 Å². The van der Waals surface area contributed by atoms with Crippen LogP contribution >= 0.6 is 0 Å². The summed E-state index contributed by atoms with van der Waals surface area (Å²) in [5.74, 6) is -0.676. The molecule has 1 N–H and O–H groups in total. The van der Waals surface area contributed by atoms with E-state index in [1.165, 1.54) is 22.4 Å². The van der Waals surface area contributed by atoms with Gasteiger partial charge in [0, 0.05) is 31.1 Å². The maximum atomic E-state index is 14.5. The third-order valence-corrected chi connectivity index (χ3v) is 8.10. The molecular formula is C28H38FN3O5S. The Kier molecular flexibility index (Phi) is 10.5. The van der Waals surface area contributed by atoms with Gasteiger partial charge in [0.1, 0.15) is 17.6 Å². The van der Waals surface area contributed by atoms with Gasteiger partial charge in [-0.25, -0.2) is 12.8 Å². The molecule has 38 heavy (non-hydrogen) atoms. The van der Waals surface area contributed by atoms with Gasteiger partial charge in [-0.3, -0.25) is 13.9 Å². The minimum Gasteiger partial charge on any atom is -0.495 e. The zero-order valence-electron chi connectivity index (χ0n) is 22.4. The maximum Gasteiger partial charge on any atom is 0.242 e. The summed E-state index contributed by atoms with van der Waals surface area (Å²) < 4.78 is 46.1. The molecule has 1 fully saturated rings. The highest BCUT2D eigenvalue weighted by atomic mass is 32.2. The van der Waals surface area contributed by atoms with Gasteiger partial charge in [-0.2, -0.15) is 0 Å². The molecule has 1 aliphatic carbocycles. The van der Waals surface area contributed by atoms with Crippen LogP contribution in [0.4, 0.5) is 10.1 Å². The fraction of sp³-hybridized carbons (Fsp3) is 0.500. The molecule has 0 aliphatic heterocycles. The lowest BCUT2D eigenvalue weighted by atomic mass is 9.95. The van der Waals surface area contributed by atoms with E-state index in [9.17, 15) is 22.4 Å². The summed E-state index contributed by atoms with van der Waals surface area (Å²) in [5, 5.41) is 3.05. The van der Waals surface area contributed by atoms with Crippen LogP contribution in [0.1, 0.15) is 57.4 Å². The number of benzene rings is 2. The molecule has 8 nitrogen and oxygen atoms in total. The SMILES string of the molecule is COc1ccccc1N(CCCC(=O)N(Cc1ccccc1F)[C@H](C)C(=O)NC1CCCCC1)S(C)(=O)=O. The summed E-state index contributed by atoms with van der Waals surface area (Å²) in [4.78, 5) is 27.9. The van der Waals surface area contributed by atoms with E-state index >= 15 is 0 Å². The highest BCUT2D eigenvalue weighted by Gasteiger charge is 2.29. The molecule has 0 heterocycles. The van der Waals surface area contributed by atoms with E-state index in [0.29, 0.717) is 17.0 Å². The van der Waals surface area contributed by atoms with Gasteiger partial charge in [0.2, 0.25) is 21.8 Å². The van der Waals surface area contributed by atoms with Gasteiger partial charge in [-0.15, -0.1) is 0 Å². The molecule has 2 aromatic rings. The smallest absolute Gasteiger partial charge is 0.242 e. The standard InChI is InChI=1S/C28H38FN3O5S/c1-21(28(34)30-23-13-5-4-6-14-23)31(20-22-12-7-8-15-24(22)29)27(33)18-11-19-32(38(3,35)36)25-16-9-10-17-26(25)37-2/h7-10,12,15-17,21,23H,4-6,11,13-14,18-20H2,1-3H3,(H,30,34)/t21-/m1/s1. The summed E-state index contributed by atoms with van der Waals surface area (Å²) in [6, 6.07) is 12.2. The molecular weight excluding hydrogens is 509 g/mol. The van der Waals surface area contributed by atoms with Crippen molar-refractivity contribution in [2.24, 2.45) is 0 Å². The lowest BCUT2D eigenvalue weighted by molar-refractivity contribution is -0.141. The van der Waals surface area contributed by atoms with E-state index in [1.807, 2.05) is 0 Å². The van der Waals surface area contributed by atoms with Crippen LogP contribution in [0.3, 0.4) is 0 Å². The van der Waals surface area contributed by atoms with E-state index < -0.39 is 21.9 Å². The number of sulfonamides is 1. The van der Waals surface area contributed by atoms with E-state index in [2.05, 4.69) is 5.32 Å². The third kappa shape index (κ3) is 7.93. The van der Waals surface area contributed by atoms with Crippen LogP contribution in [0.25, 0.3) is 0 Å². The van der Waals surface area contributed by atoms with Crippen LogP contribution < -0.4 is 14.4 Å². The van der Waals surface area contributed by atoms with Crippen LogP contribution in [0.15, 0.2) is 48.5 Å². The summed E-state index contributed by atoms with van der Waals surface area (Å²) in [7, 11) is -2.19. The number of nitrogens with zero attached hydrogens (tertiary/aromatic N) is 2. The van der Waals surface area contributed by atoms with Crippen LogP contribution in [0.5, 0.6) is 5.75 Å². The molecule has 0 bridgehead atoms. The first-order valence-electron chi connectivity index (χ1n) is 13.1. The van der Waals surface area contributed by atoms with Gasteiger partial charge in [0.25, 0.3) is 0 Å². The lowest BCUT2D eigenvalue weighted by Crippen LogP contribution is -2.50. The van der Waals surface area contributed by atoms with Crippen molar-refractivity contribution in [3.8, 4) is 5.75 Å². The van der Waals surface area contributed by atoms with Gasteiger partial charge in [-0.05, 0) is 44.4 Å². The predicted molar refractivity (Wildman–Crippen MR) is 146 cm³/mol. The first kappa shape index (κ1) is 29.4. The number of anilines is 1. The second kappa shape index (κ2) is 13.6. The van der Waals surface area contributed by atoms with Crippen LogP contribution in [-0.2, 0) is 26.2 Å². The highest BCUT2D eigenvalue weighted by Crippen LogP contribution is 2.30. The monoisotopic (exact) mass is 547 g/mol. The van der Waals surface area contributed by atoms with Crippen LogP contribution in [0, 0.1) is 5.82 Å². The number of methoxy groups -OCH3 is 1. The van der Waals surface area contributed by atoms with E-state index in [1.54, 1.807) is 49.4 Å². The Morgan fingerprint density at radius 2 is 1.74 bits per heavy atom. The number of carbonyl (C=O) groups excluding carboxylic acids is 2. The fourth-order valence-corrected chi connectivity index (χ4v) is 5.75. The van der Waals surface area contributed by atoms with Gasteiger partial charge >= 0.3 is 0 Å². The van der Waals surface area contributed by atoms with Crippen molar-refractivity contribution in [1.82, 2.24) is 10.2 Å². The third-order valence-electron chi connectivity index (χ3n) is 6.92. The van der Waals surface area contributed by atoms with Gasteiger partial charge in [0.15, 0.2) is 0 Å². The first-order chi connectivity index (χ1) is 18.1. The zero-order chi connectivity index (χ0) is 27.7. The number of hydrogen-bond donors (Lipinski definition) is 1. The van der Waals surface area contributed by atoms with Crippen molar-refractivity contribution in [2.75, 3.05) is 24.2 Å². The molecule has 2 amide bonds. The topological polar surface area (TPSA) is 96.0 Å². The number of nitrogens with one attached hydrogen (secondary N) is 1. The van der Waals surface area contributed by atoms with Gasteiger partial charge in [0.05, 0.1) is 19.1 Å². The average molecular weight is 548 g/mol. The Bertz CT molecular complexity index is 1200. The quantitative estimate of drug-likeness (QED) is 0.429. The minimum absolute atomic E-state index is 0.0172. The molecule has 3 rings (SSSR count). The maximum absolute atomic E-state index is 14.5. The number of hydrogen-bond acceptors (Lipinski definition) is 5. The van der Waals surface area contributed by atoms with Gasteiger partial charge < -0.3 is 15.0 Å². The molecule has 1 atom stereocenters. The number of ether oxygens (including phenoxy) is 1. The Morgan fingerprint density at radius 1 is 1.08 bits per heavy atom. The molecule has 2 aromatic carbocycles. The second-order valence-corrected chi connectivity index (χ2v) is 11.6. The summed E-state index contributed by atoms with van der Waals surface area (Å²) in [6.07, 6.45) is 6.36. The molecule has 208 valence electrons. The second-order valence-electron chi connectivity index (χ2n) is 9.74. The number of para-hydroxylation sites is 2. The van der Waals surface area contributed by atoms with Crippen LogP contribution in [0.2, 0.25) is 0 Å². The number of carbonyl (C=O) groups is 2. The summed E-state index contributed by atoms with van der Waals surface area (Å²) in [5.41, 5.74) is 0.693. The first-order valence-corrected chi connectivity index (χ1v) is 14.9. The van der Waals surface area contributed by atoms with Crippen LogP contribution in [-0.4, -0.2) is 57.1 Å². The van der Waals surface area contributed by atoms with E-state index in [4.69, 9.17) is 4.74 Å². The normalized spacial score (nSPS) is 14.9. The minimum atomic E-state index is -3.65. The largest absolute Gasteiger partial charge is 0.495 e. The fourth-order valence-electron chi connectivity index (χ4n) is 4.78. The molecule has 10 heteroatoms. The molecule has 0 radical (unpaired) electrons. The Labute approximate surface area is 225 Å². The van der Waals surface area contributed by atoms with Crippen molar-refractivity contribution >= 4 is 27.5 Å². The molecule has 1 saturated carbocycles. The van der Waals surface area contributed by atoms with Crippen molar-refractivity contribution in [3.05, 3.63) is 59.9 Å². The van der Waals surface area contributed by atoms with Crippen molar-refractivity contribution in [3.63, 3.8) is 0 Å². The van der Waals surface area contributed by atoms with E-state index in [0.717, 1.165) is 38.4 Å². The number of halogens is 1. The van der Waals surface area contributed by atoms with Crippen molar-refractivity contribution in [1.29, 1.82) is 0 Å². The van der Waals surface area contributed by atoms with Crippen molar-refractivity contribution in [2.45, 2.75) is 70.5 Å². The average Bonchev–Trinajstić information content (AvgIpc) is 2.90. The number of amides is 2. The molecule has 0 aromatic heterocycles. The Balaban J connectivity index is 1.74. The molecule has 0 saturated heterocycles. The summed E-state index contributed by atoms with van der Waals surface area (Å²) >= 11 is 0. The predicted octanol–water partition coefficient (Wildman–Crippen LogP) is 4.25. The number of rotatable bonds is 12. The Hall–Kier alpha value is -3.14. The van der Waals surface area contributed by atoms with Gasteiger partial charge in [-0.1, -0.05) is 49.6 Å².